The summed E-state index contributed by atoms with van der Waals surface area (Å²) in [5.74, 6) is 5.68. The molecule has 3 aromatic rings. The Kier molecular flexibility index (Phi) is 6.93. The predicted octanol–water partition coefficient (Wildman–Crippen LogP) is 3.47. The van der Waals surface area contributed by atoms with E-state index in [-0.39, 0.29) is 0 Å². The smallest absolute Gasteiger partial charge is 0.256 e. The minimum absolute atomic E-state index is 0.330. The number of rotatable bonds is 9. The molecule has 4 nitrogen and oxygen atoms in total. The highest BCUT2D eigenvalue weighted by molar-refractivity contribution is 7.09. The summed E-state index contributed by atoms with van der Waals surface area (Å²) in [5, 5.41) is 5.49. The quantitative estimate of drug-likeness (QED) is 0.443. The van der Waals surface area contributed by atoms with Crippen LogP contribution in [0.1, 0.15) is 24.5 Å². The number of benzene rings is 2. The first-order valence-electron chi connectivity index (χ1n) is 9.14. The van der Waals surface area contributed by atoms with Gasteiger partial charge in [0.2, 0.25) is 0 Å². The van der Waals surface area contributed by atoms with Crippen molar-refractivity contribution in [3.8, 4) is 0 Å². The van der Waals surface area contributed by atoms with Crippen molar-refractivity contribution in [2.75, 3.05) is 0 Å². The molecule has 2 aromatic carbocycles. The first-order chi connectivity index (χ1) is 13.1. The van der Waals surface area contributed by atoms with E-state index in [0.717, 1.165) is 16.7 Å². The second-order valence-electron chi connectivity index (χ2n) is 6.99. The highest BCUT2D eigenvalue weighted by atomic mass is 32.1. The summed E-state index contributed by atoms with van der Waals surface area (Å²) >= 11 is 1.55. The SMILES string of the molecule is CC(C)C[Si](OCc1csc(CON)n1)(c1ccccc1)c1ccccc1. The zero-order valence-electron chi connectivity index (χ0n) is 15.8. The van der Waals surface area contributed by atoms with E-state index in [1.165, 1.54) is 10.4 Å². The standard InChI is InChI=1S/C21H26N2O2SSi/c1-17(2)16-27(19-9-5-3-6-10-19,20-11-7-4-8-12-20)25-13-18-15-26-21(23-18)14-24-22/h3-12,15,17H,13-14,16,22H2,1-2H3. The molecule has 0 unspecified atom stereocenters. The van der Waals surface area contributed by atoms with Gasteiger partial charge >= 0.3 is 0 Å². The van der Waals surface area contributed by atoms with Crippen LogP contribution in [-0.4, -0.2) is 13.3 Å². The molecule has 0 radical (unpaired) electrons. The lowest BCUT2D eigenvalue weighted by molar-refractivity contribution is 0.123. The molecule has 27 heavy (non-hydrogen) atoms. The van der Waals surface area contributed by atoms with Crippen molar-refractivity contribution in [1.29, 1.82) is 0 Å². The van der Waals surface area contributed by atoms with Gasteiger partial charge in [0, 0.05) is 5.38 Å². The molecule has 1 aromatic heterocycles. The summed E-state index contributed by atoms with van der Waals surface area (Å²) in [4.78, 5) is 9.27. The molecule has 1 heterocycles. The average molecular weight is 399 g/mol. The minimum atomic E-state index is -2.39. The van der Waals surface area contributed by atoms with Crippen molar-refractivity contribution in [2.24, 2.45) is 11.8 Å². The van der Waals surface area contributed by atoms with Crippen molar-refractivity contribution in [3.63, 3.8) is 0 Å². The first kappa shape index (κ1) is 19.9. The van der Waals surface area contributed by atoms with E-state index in [9.17, 15) is 0 Å². The zero-order valence-corrected chi connectivity index (χ0v) is 17.6. The van der Waals surface area contributed by atoms with E-state index in [0.29, 0.717) is 19.1 Å². The molecule has 0 saturated carbocycles. The summed E-state index contributed by atoms with van der Waals surface area (Å²) < 4.78 is 6.80. The first-order valence-corrected chi connectivity index (χ1v) is 12.1. The van der Waals surface area contributed by atoms with Crippen molar-refractivity contribution in [1.82, 2.24) is 4.98 Å². The second-order valence-corrected chi connectivity index (χ2v) is 11.4. The van der Waals surface area contributed by atoms with Crippen LogP contribution in [0.2, 0.25) is 6.04 Å². The molecule has 0 spiro atoms. The second kappa shape index (κ2) is 9.39. The summed E-state index contributed by atoms with van der Waals surface area (Å²) in [6.07, 6.45) is 0. The summed E-state index contributed by atoms with van der Waals surface area (Å²) in [5.41, 5.74) is 0.930. The molecule has 0 fully saturated rings. The number of thiazole rings is 1. The van der Waals surface area contributed by atoms with Crippen molar-refractivity contribution in [2.45, 2.75) is 33.1 Å². The zero-order chi connectivity index (χ0) is 19.1. The number of hydrogen-bond donors (Lipinski definition) is 1. The van der Waals surface area contributed by atoms with Crippen LogP contribution in [0.4, 0.5) is 0 Å². The van der Waals surface area contributed by atoms with Gasteiger partial charge in [0.15, 0.2) is 0 Å². The molecule has 0 atom stereocenters. The van der Waals surface area contributed by atoms with Crippen LogP contribution >= 0.6 is 11.3 Å². The van der Waals surface area contributed by atoms with Crippen LogP contribution in [0, 0.1) is 5.92 Å². The molecule has 0 aliphatic heterocycles. The van der Waals surface area contributed by atoms with Crippen LogP contribution in [0.15, 0.2) is 66.0 Å². The van der Waals surface area contributed by atoms with Crippen LogP contribution in [0.5, 0.6) is 0 Å². The fraction of sp³-hybridized carbons (Fsp3) is 0.286. The fourth-order valence-corrected chi connectivity index (χ4v) is 8.33. The number of aromatic nitrogens is 1. The van der Waals surface area contributed by atoms with Gasteiger partial charge in [-0.15, -0.1) is 11.3 Å². The van der Waals surface area contributed by atoms with Gasteiger partial charge in [-0.1, -0.05) is 74.5 Å². The Morgan fingerprint density at radius 3 is 2.07 bits per heavy atom. The number of nitrogens with two attached hydrogens (primary N) is 1. The van der Waals surface area contributed by atoms with Crippen molar-refractivity contribution in [3.05, 3.63) is 76.7 Å². The van der Waals surface area contributed by atoms with Gasteiger partial charge in [-0.05, 0) is 22.3 Å². The highest BCUT2D eigenvalue weighted by Gasteiger charge is 2.40. The van der Waals surface area contributed by atoms with E-state index >= 15 is 0 Å². The van der Waals surface area contributed by atoms with Crippen LogP contribution in [-0.2, 0) is 22.5 Å². The van der Waals surface area contributed by atoms with Gasteiger partial charge in [0.1, 0.15) is 11.6 Å². The molecule has 0 saturated heterocycles. The summed E-state index contributed by atoms with van der Waals surface area (Å²) in [7, 11) is -2.39. The molecular formula is C21H26N2O2SSi. The Bertz CT molecular complexity index is 785. The fourth-order valence-electron chi connectivity index (χ4n) is 3.37. The number of nitrogens with zero attached hydrogens (tertiary/aromatic N) is 1. The molecule has 142 valence electrons. The van der Waals surface area contributed by atoms with Gasteiger partial charge in [-0.3, -0.25) is 4.84 Å². The van der Waals surface area contributed by atoms with E-state index in [2.05, 4.69) is 79.5 Å². The van der Waals surface area contributed by atoms with E-state index < -0.39 is 8.32 Å². The molecule has 2 N–H and O–H groups in total. The predicted molar refractivity (Wildman–Crippen MR) is 113 cm³/mol. The largest absolute Gasteiger partial charge is 0.402 e. The third-order valence-electron chi connectivity index (χ3n) is 4.45. The maximum absolute atomic E-state index is 6.80. The lowest BCUT2D eigenvalue weighted by atomic mass is 10.3. The molecule has 0 bridgehead atoms. The summed E-state index contributed by atoms with van der Waals surface area (Å²) in [6.45, 7) is 5.34. The highest BCUT2D eigenvalue weighted by Crippen LogP contribution is 2.22. The Balaban J connectivity index is 1.97. The van der Waals surface area contributed by atoms with Crippen molar-refractivity contribution >= 4 is 30.0 Å². The van der Waals surface area contributed by atoms with Gasteiger partial charge in [-0.25, -0.2) is 10.9 Å². The van der Waals surface area contributed by atoms with E-state index in [1.54, 1.807) is 11.3 Å². The average Bonchev–Trinajstić information content (AvgIpc) is 3.14. The number of hydrogen-bond acceptors (Lipinski definition) is 5. The third kappa shape index (κ3) is 4.91. The Morgan fingerprint density at radius 1 is 0.963 bits per heavy atom. The van der Waals surface area contributed by atoms with E-state index in [4.69, 9.17) is 15.2 Å². The monoisotopic (exact) mass is 398 g/mol. The molecule has 0 aliphatic rings. The molecular weight excluding hydrogens is 372 g/mol. The third-order valence-corrected chi connectivity index (χ3v) is 9.88. The van der Waals surface area contributed by atoms with Crippen molar-refractivity contribution < 1.29 is 9.26 Å². The maximum Gasteiger partial charge on any atom is 0.256 e. The van der Waals surface area contributed by atoms with Crippen LogP contribution < -0.4 is 16.3 Å². The maximum atomic E-state index is 6.80. The van der Waals surface area contributed by atoms with Crippen LogP contribution in [0.25, 0.3) is 0 Å². The molecule has 6 heteroatoms. The molecule has 0 aliphatic carbocycles. The van der Waals surface area contributed by atoms with Gasteiger partial charge in [0.05, 0.1) is 12.3 Å². The topological polar surface area (TPSA) is 57.4 Å². The van der Waals surface area contributed by atoms with Gasteiger partial charge < -0.3 is 4.43 Å². The molecule has 3 rings (SSSR count). The Labute approximate surface area is 166 Å². The lowest BCUT2D eigenvalue weighted by Crippen LogP contribution is -2.61. The normalized spacial score (nSPS) is 11.9. The van der Waals surface area contributed by atoms with Gasteiger partial charge in [0.25, 0.3) is 8.32 Å². The Hall–Kier alpha value is -1.83. The van der Waals surface area contributed by atoms with Crippen LogP contribution in [0.3, 0.4) is 0 Å². The molecule has 0 amide bonds. The summed E-state index contributed by atoms with van der Waals surface area (Å²) in [6, 6.07) is 22.4. The lowest BCUT2D eigenvalue weighted by Gasteiger charge is -2.34. The van der Waals surface area contributed by atoms with Gasteiger partial charge in [-0.2, -0.15) is 0 Å². The Morgan fingerprint density at radius 2 is 1.56 bits per heavy atom. The van der Waals surface area contributed by atoms with E-state index in [1.807, 2.05) is 5.38 Å². The minimum Gasteiger partial charge on any atom is -0.402 e.